The number of carbonyl (C=O) groups excluding carboxylic acids is 2. The van der Waals surface area contributed by atoms with E-state index in [9.17, 15) is 9.59 Å². The summed E-state index contributed by atoms with van der Waals surface area (Å²) in [6.45, 7) is 2.03. The van der Waals surface area contributed by atoms with Gasteiger partial charge in [0.1, 0.15) is 0 Å². The first-order valence-corrected chi connectivity index (χ1v) is 8.13. The van der Waals surface area contributed by atoms with Gasteiger partial charge in [-0.15, -0.1) is 0 Å². The molecule has 1 aromatic rings. The summed E-state index contributed by atoms with van der Waals surface area (Å²) in [5.74, 6) is 0.893. The topological polar surface area (TPSA) is 61.4 Å². The quantitative estimate of drug-likeness (QED) is 0.846. The maximum absolute atomic E-state index is 12.0. The molecular weight excluding hydrogens is 278 g/mol. The summed E-state index contributed by atoms with van der Waals surface area (Å²) in [6, 6.07) is 7.54. The lowest BCUT2D eigenvalue weighted by Gasteiger charge is -2.27. The van der Waals surface area contributed by atoms with Gasteiger partial charge in [0.15, 0.2) is 0 Å². The Kier molecular flexibility index (Phi) is 4.73. The van der Waals surface area contributed by atoms with Crippen LogP contribution in [0.2, 0.25) is 0 Å². The van der Waals surface area contributed by atoms with Crippen LogP contribution in [0.5, 0.6) is 0 Å². The first kappa shape index (κ1) is 15.0. The van der Waals surface area contributed by atoms with Crippen molar-refractivity contribution in [1.29, 1.82) is 0 Å². The molecule has 2 aliphatic rings. The summed E-state index contributed by atoms with van der Waals surface area (Å²) in [6.07, 6.45) is 5.18. The predicted molar refractivity (Wildman–Crippen MR) is 86.9 cm³/mol. The van der Waals surface area contributed by atoms with E-state index >= 15 is 0 Å². The van der Waals surface area contributed by atoms with Gasteiger partial charge < -0.3 is 15.5 Å². The summed E-state index contributed by atoms with van der Waals surface area (Å²) < 4.78 is 0. The fourth-order valence-corrected chi connectivity index (χ4v) is 2.75. The van der Waals surface area contributed by atoms with Crippen molar-refractivity contribution in [3.05, 3.63) is 24.3 Å². The Morgan fingerprint density at radius 2 is 2.14 bits per heavy atom. The molecule has 1 aliphatic heterocycles. The highest BCUT2D eigenvalue weighted by Crippen LogP contribution is 2.27. The van der Waals surface area contributed by atoms with Crippen LogP contribution < -0.4 is 15.5 Å². The van der Waals surface area contributed by atoms with E-state index in [-0.39, 0.29) is 11.8 Å². The van der Waals surface area contributed by atoms with Gasteiger partial charge in [-0.05, 0) is 56.3 Å². The molecule has 1 heterocycles. The summed E-state index contributed by atoms with van der Waals surface area (Å²) >= 11 is 0. The SMILES string of the molecule is O=C(CNCC1CC1)Nc1cccc(N2CCCCC2=O)c1. The van der Waals surface area contributed by atoms with Gasteiger partial charge in [0.25, 0.3) is 0 Å². The number of benzene rings is 1. The molecule has 5 nitrogen and oxygen atoms in total. The van der Waals surface area contributed by atoms with Gasteiger partial charge in [0, 0.05) is 24.3 Å². The van der Waals surface area contributed by atoms with E-state index in [0.29, 0.717) is 13.0 Å². The monoisotopic (exact) mass is 301 g/mol. The van der Waals surface area contributed by atoms with Crippen molar-refractivity contribution in [2.45, 2.75) is 32.1 Å². The molecule has 1 aromatic carbocycles. The standard InChI is InChI=1S/C17H23N3O2/c21-16(12-18-11-13-7-8-13)19-14-4-3-5-15(10-14)20-9-2-1-6-17(20)22/h3-5,10,13,18H,1-2,6-9,11-12H2,(H,19,21). The van der Waals surface area contributed by atoms with Crippen LogP contribution in [0.25, 0.3) is 0 Å². The summed E-state index contributed by atoms with van der Waals surface area (Å²) in [5, 5.41) is 6.07. The molecule has 1 aliphatic carbocycles. The summed E-state index contributed by atoms with van der Waals surface area (Å²) in [7, 11) is 0. The highest BCUT2D eigenvalue weighted by molar-refractivity contribution is 5.96. The number of hydrogen-bond donors (Lipinski definition) is 2. The van der Waals surface area contributed by atoms with E-state index in [1.807, 2.05) is 29.2 Å². The minimum Gasteiger partial charge on any atom is -0.325 e. The van der Waals surface area contributed by atoms with Gasteiger partial charge in [0.2, 0.25) is 11.8 Å². The lowest BCUT2D eigenvalue weighted by atomic mass is 10.1. The molecule has 0 bridgehead atoms. The molecule has 0 aromatic heterocycles. The molecule has 5 heteroatoms. The lowest BCUT2D eigenvalue weighted by Crippen LogP contribution is -2.35. The Labute approximate surface area is 131 Å². The van der Waals surface area contributed by atoms with Crippen LogP contribution in [0.1, 0.15) is 32.1 Å². The third-order valence-electron chi connectivity index (χ3n) is 4.18. The number of amides is 2. The van der Waals surface area contributed by atoms with Crippen molar-refractivity contribution in [2.24, 2.45) is 5.92 Å². The van der Waals surface area contributed by atoms with Crippen molar-refractivity contribution < 1.29 is 9.59 Å². The maximum atomic E-state index is 12.0. The Bertz CT molecular complexity index is 555. The number of nitrogens with zero attached hydrogens (tertiary/aromatic N) is 1. The first-order chi connectivity index (χ1) is 10.7. The third-order valence-corrected chi connectivity index (χ3v) is 4.18. The number of hydrogen-bond acceptors (Lipinski definition) is 3. The molecule has 0 unspecified atom stereocenters. The zero-order valence-corrected chi connectivity index (χ0v) is 12.8. The normalized spacial score (nSPS) is 18.4. The number of piperidine rings is 1. The van der Waals surface area contributed by atoms with E-state index in [2.05, 4.69) is 10.6 Å². The summed E-state index contributed by atoms with van der Waals surface area (Å²) in [4.78, 5) is 25.7. The fourth-order valence-electron chi connectivity index (χ4n) is 2.75. The van der Waals surface area contributed by atoms with E-state index in [1.54, 1.807) is 0 Å². The van der Waals surface area contributed by atoms with Gasteiger partial charge in [-0.3, -0.25) is 9.59 Å². The fraction of sp³-hybridized carbons (Fsp3) is 0.529. The van der Waals surface area contributed by atoms with Gasteiger partial charge in [0.05, 0.1) is 6.54 Å². The molecule has 0 spiro atoms. The molecule has 2 N–H and O–H groups in total. The Morgan fingerprint density at radius 3 is 2.91 bits per heavy atom. The van der Waals surface area contributed by atoms with Gasteiger partial charge in [-0.2, -0.15) is 0 Å². The minimum atomic E-state index is -0.0391. The van der Waals surface area contributed by atoms with Gasteiger partial charge in [-0.1, -0.05) is 6.07 Å². The highest BCUT2D eigenvalue weighted by Gasteiger charge is 2.21. The average molecular weight is 301 g/mol. The molecule has 2 fully saturated rings. The molecule has 2 amide bonds. The number of carbonyl (C=O) groups is 2. The van der Waals surface area contributed by atoms with E-state index in [1.165, 1.54) is 12.8 Å². The zero-order valence-electron chi connectivity index (χ0n) is 12.8. The second-order valence-corrected chi connectivity index (χ2v) is 6.18. The molecule has 0 radical (unpaired) electrons. The molecule has 1 saturated carbocycles. The molecule has 118 valence electrons. The maximum Gasteiger partial charge on any atom is 0.238 e. The molecular formula is C17H23N3O2. The molecule has 3 rings (SSSR count). The van der Waals surface area contributed by atoms with Crippen LogP contribution in [0.3, 0.4) is 0 Å². The second-order valence-electron chi connectivity index (χ2n) is 6.18. The smallest absolute Gasteiger partial charge is 0.238 e. The summed E-state index contributed by atoms with van der Waals surface area (Å²) in [5.41, 5.74) is 1.61. The Morgan fingerprint density at radius 1 is 1.27 bits per heavy atom. The number of nitrogens with one attached hydrogen (secondary N) is 2. The Hall–Kier alpha value is -1.88. The highest BCUT2D eigenvalue weighted by atomic mass is 16.2. The van der Waals surface area contributed by atoms with E-state index in [4.69, 9.17) is 0 Å². The van der Waals surface area contributed by atoms with Crippen LogP contribution in [0.4, 0.5) is 11.4 Å². The zero-order chi connectivity index (χ0) is 15.4. The van der Waals surface area contributed by atoms with Crippen LogP contribution in [0.15, 0.2) is 24.3 Å². The van der Waals surface area contributed by atoms with Crippen molar-refractivity contribution in [1.82, 2.24) is 5.32 Å². The van der Waals surface area contributed by atoms with E-state index < -0.39 is 0 Å². The molecule has 0 atom stereocenters. The number of rotatable bonds is 6. The van der Waals surface area contributed by atoms with Gasteiger partial charge >= 0.3 is 0 Å². The largest absolute Gasteiger partial charge is 0.325 e. The van der Waals surface area contributed by atoms with E-state index in [0.717, 1.165) is 43.2 Å². The number of anilines is 2. The van der Waals surface area contributed by atoms with Crippen molar-refractivity contribution in [3.63, 3.8) is 0 Å². The minimum absolute atomic E-state index is 0.0391. The molecule has 22 heavy (non-hydrogen) atoms. The van der Waals surface area contributed by atoms with Crippen LogP contribution in [0, 0.1) is 5.92 Å². The van der Waals surface area contributed by atoms with Crippen LogP contribution in [-0.2, 0) is 9.59 Å². The van der Waals surface area contributed by atoms with Crippen LogP contribution in [-0.4, -0.2) is 31.4 Å². The third kappa shape index (κ3) is 4.07. The van der Waals surface area contributed by atoms with Crippen molar-refractivity contribution in [3.8, 4) is 0 Å². The average Bonchev–Trinajstić information content (AvgIpc) is 3.32. The second kappa shape index (κ2) is 6.92. The lowest BCUT2D eigenvalue weighted by molar-refractivity contribution is -0.119. The molecule has 1 saturated heterocycles. The van der Waals surface area contributed by atoms with Gasteiger partial charge in [-0.25, -0.2) is 0 Å². The Balaban J connectivity index is 1.55. The van der Waals surface area contributed by atoms with Crippen LogP contribution >= 0.6 is 0 Å². The van der Waals surface area contributed by atoms with Crippen molar-refractivity contribution >= 4 is 23.2 Å². The van der Waals surface area contributed by atoms with Crippen molar-refractivity contribution in [2.75, 3.05) is 29.9 Å². The first-order valence-electron chi connectivity index (χ1n) is 8.13. The predicted octanol–water partition coefficient (Wildman–Crippen LogP) is 2.14.